The van der Waals surface area contributed by atoms with Crippen LogP contribution in [0.3, 0.4) is 0 Å². The summed E-state index contributed by atoms with van der Waals surface area (Å²) < 4.78 is 10.9. The Hall–Kier alpha value is -2.48. The number of nitrogens with zero attached hydrogens (tertiary/aromatic N) is 2. The van der Waals surface area contributed by atoms with Crippen LogP contribution in [-0.2, 0) is 9.59 Å². The van der Waals surface area contributed by atoms with Crippen LogP contribution in [0.2, 0.25) is 10.0 Å². The summed E-state index contributed by atoms with van der Waals surface area (Å²) in [6, 6.07) is 10.5. The Labute approximate surface area is 204 Å². The van der Waals surface area contributed by atoms with Gasteiger partial charge in [-0.25, -0.2) is 0 Å². The number of likely N-dealkylation sites (N-methyl/N-ethyl adjacent to an activating group) is 1. The van der Waals surface area contributed by atoms with E-state index in [0.29, 0.717) is 28.8 Å². The molecule has 9 heteroatoms. The maximum absolute atomic E-state index is 13.2. The van der Waals surface area contributed by atoms with Gasteiger partial charge in [-0.1, -0.05) is 36.2 Å². The number of anilines is 1. The van der Waals surface area contributed by atoms with Gasteiger partial charge in [-0.05, 0) is 49.7 Å². The first-order chi connectivity index (χ1) is 15.9. The van der Waals surface area contributed by atoms with Crippen molar-refractivity contribution in [1.82, 2.24) is 9.80 Å². The van der Waals surface area contributed by atoms with Crippen molar-refractivity contribution in [2.45, 2.75) is 25.8 Å². The monoisotopic (exact) mass is 493 g/mol. The molecule has 2 aromatic rings. The van der Waals surface area contributed by atoms with Crippen LogP contribution in [0.5, 0.6) is 11.5 Å². The van der Waals surface area contributed by atoms with Crippen molar-refractivity contribution in [3.8, 4) is 11.5 Å². The first kappa shape index (κ1) is 25.1. The average molecular weight is 494 g/mol. The van der Waals surface area contributed by atoms with Crippen LogP contribution in [0.1, 0.15) is 31.4 Å². The molecule has 1 unspecified atom stereocenters. The lowest BCUT2D eigenvalue weighted by atomic mass is 10.0. The number of para-hydroxylation sites is 1. The van der Waals surface area contributed by atoms with Crippen LogP contribution < -0.4 is 14.8 Å². The van der Waals surface area contributed by atoms with Gasteiger partial charge in [0.05, 0.1) is 49.1 Å². The molecule has 0 spiro atoms. The zero-order valence-electron chi connectivity index (χ0n) is 19.1. The van der Waals surface area contributed by atoms with Gasteiger partial charge in [0.1, 0.15) is 11.5 Å². The van der Waals surface area contributed by atoms with E-state index in [1.165, 1.54) is 0 Å². The van der Waals surface area contributed by atoms with E-state index in [0.717, 1.165) is 29.9 Å². The minimum atomic E-state index is -0.285. The Kier molecular flexibility index (Phi) is 8.83. The van der Waals surface area contributed by atoms with E-state index in [1.807, 2.05) is 30.0 Å². The molecule has 1 aliphatic rings. The largest absolute Gasteiger partial charge is 0.497 e. The molecule has 1 saturated heterocycles. The van der Waals surface area contributed by atoms with Gasteiger partial charge in [-0.3, -0.25) is 14.5 Å². The summed E-state index contributed by atoms with van der Waals surface area (Å²) >= 11 is 12.3. The van der Waals surface area contributed by atoms with Crippen LogP contribution in [0.15, 0.2) is 36.4 Å². The quantitative estimate of drug-likeness (QED) is 0.550. The SMILES string of the molecule is CCN(CC(=O)Nc1c(Cl)cccc1Cl)CC(=O)N1CCCC1c1cc(OC)ccc1OC. The summed E-state index contributed by atoms with van der Waals surface area (Å²) in [5.41, 5.74) is 1.30. The first-order valence-corrected chi connectivity index (χ1v) is 11.6. The van der Waals surface area contributed by atoms with Gasteiger partial charge in [0, 0.05) is 12.1 Å². The smallest absolute Gasteiger partial charge is 0.238 e. The number of benzene rings is 2. The van der Waals surface area contributed by atoms with E-state index < -0.39 is 0 Å². The number of amides is 2. The third-order valence-electron chi connectivity index (χ3n) is 5.77. The van der Waals surface area contributed by atoms with Gasteiger partial charge in [0.15, 0.2) is 0 Å². The summed E-state index contributed by atoms with van der Waals surface area (Å²) in [5.74, 6) is 1.12. The highest BCUT2D eigenvalue weighted by Crippen LogP contribution is 2.39. The molecule has 1 atom stereocenters. The second kappa shape index (κ2) is 11.6. The van der Waals surface area contributed by atoms with Gasteiger partial charge >= 0.3 is 0 Å². The molecule has 0 aliphatic carbocycles. The Morgan fingerprint density at radius 1 is 1.12 bits per heavy atom. The summed E-state index contributed by atoms with van der Waals surface area (Å²) in [6.07, 6.45) is 1.74. The second-order valence-corrected chi connectivity index (χ2v) is 8.62. The molecule has 1 fully saturated rings. The van der Waals surface area contributed by atoms with E-state index >= 15 is 0 Å². The molecular weight excluding hydrogens is 465 g/mol. The molecule has 0 aromatic heterocycles. The molecule has 0 radical (unpaired) electrons. The molecule has 3 rings (SSSR count). The lowest BCUT2D eigenvalue weighted by Crippen LogP contribution is -2.42. The van der Waals surface area contributed by atoms with Gasteiger partial charge < -0.3 is 19.7 Å². The highest BCUT2D eigenvalue weighted by molar-refractivity contribution is 6.39. The van der Waals surface area contributed by atoms with E-state index in [9.17, 15) is 9.59 Å². The molecule has 0 bridgehead atoms. The van der Waals surface area contributed by atoms with Crippen molar-refractivity contribution in [3.63, 3.8) is 0 Å². The molecule has 33 heavy (non-hydrogen) atoms. The van der Waals surface area contributed by atoms with Gasteiger partial charge in [0.25, 0.3) is 0 Å². The highest BCUT2D eigenvalue weighted by Gasteiger charge is 2.33. The topological polar surface area (TPSA) is 71.1 Å². The maximum Gasteiger partial charge on any atom is 0.238 e. The number of methoxy groups -OCH3 is 2. The number of rotatable bonds is 9. The summed E-state index contributed by atoms with van der Waals surface area (Å²) in [6.45, 7) is 3.28. The number of likely N-dealkylation sites (tertiary alicyclic amines) is 1. The van der Waals surface area contributed by atoms with Crippen LogP contribution >= 0.6 is 23.2 Å². The Bertz CT molecular complexity index is 981. The lowest BCUT2D eigenvalue weighted by Gasteiger charge is -2.29. The Balaban J connectivity index is 1.68. The molecule has 0 saturated carbocycles. The molecule has 1 N–H and O–H groups in total. The Morgan fingerprint density at radius 3 is 2.48 bits per heavy atom. The van der Waals surface area contributed by atoms with Gasteiger partial charge in [-0.15, -0.1) is 0 Å². The van der Waals surface area contributed by atoms with Crippen LogP contribution in [0, 0.1) is 0 Å². The third kappa shape index (κ3) is 6.10. The van der Waals surface area contributed by atoms with Crippen molar-refractivity contribution < 1.29 is 19.1 Å². The van der Waals surface area contributed by atoms with Crippen LogP contribution in [0.25, 0.3) is 0 Å². The van der Waals surface area contributed by atoms with Crippen LogP contribution in [0.4, 0.5) is 5.69 Å². The summed E-state index contributed by atoms with van der Waals surface area (Å²) in [4.78, 5) is 29.5. The molecule has 178 valence electrons. The fraction of sp³-hybridized carbons (Fsp3) is 0.417. The number of carbonyl (C=O) groups is 2. The van der Waals surface area contributed by atoms with Crippen molar-refractivity contribution in [2.24, 2.45) is 0 Å². The highest BCUT2D eigenvalue weighted by atomic mass is 35.5. The van der Waals surface area contributed by atoms with Crippen LogP contribution in [-0.4, -0.2) is 62.0 Å². The number of hydrogen-bond donors (Lipinski definition) is 1. The lowest BCUT2D eigenvalue weighted by molar-refractivity contribution is -0.133. The zero-order valence-corrected chi connectivity index (χ0v) is 20.6. The zero-order chi connectivity index (χ0) is 24.0. The van der Waals surface area contributed by atoms with Gasteiger partial charge in [0.2, 0.25) is 11.8 Å². The minimum Gasteiger partial charge on any atom is -0.497 e. The maximum atomic E-state index is 13.2. The predicted octanol–water partition coefficient (Wildman–Crippen LogP) is 4.63. The summed E-state index contributed by atoms with van der Waals surface area (Å²) in [5, 5.41) is 3.47. The number of hydrogen-bond acceptors (Lipinski definition) is 5. The molecule has 2 aromatic carbocycles. The van der Waals surface area contributed by atoms with E-state index in [4.69, 9.17) is 32.7 Å². The Morgan fingerprint density at radius 2 is 1.85 bits per heavy atom. The van der Waals surface area contributed by atoms with E-state index in [-0.39, 0.29) is 30.9 Å². The van der Waals surface area contributed by atoms with E-state index in [2.05, 4.69) is 5.32 Å². The second-order valence-electron chi connectivity index (χ2n) is 7.80. The third-order valence-corrected chi connectivity index (χ3v) is 6.40. The molecule has 1 heterocycles. The average Bonchev–Trinajstić information content (AvgIpc) is 3.30. The fourth-order valence-corrected chi connectivity index (χ4v) is 4.54. The summed E-state index contributed by atoms with van der Waals surface area (Å²) in [7, 11) is 3.23. The first-order valence-electron chi connectivity index (χ1n) is 10.9. The van der Waals surface area contributed by atoms with Crippen molar-refractivity contribution in [1.29, 1.82) is 0 Å². The van der Waals surface area contributed by atoms with E-state index in [1.54, 1.807) is 37.3 Å². The molecule has 2 amide bonds. The number of halogens is 2. The van der Waals surface area contributed by atoms with Gasteiger partial charge in [-0.2, -0.15) is 0 Å². The number of ether oxygens (including phenoxy) is 2. The standard InChI is InChI=1S/C24H29Cl2N3O4/c1-4-28(14-22(30)27-24-18(25)7-5-8-19(24)26)15-23(31)29-12-6-9-20(29)17-13-16(32-2)10-11-21(17)33-3/h5,7-8,10-11,13,20H,4,6,9,12,14-15H2,1-3H3,(H,27,30). The fourth-order valence-electron chi connectivity index (χ4n) is 4.05. The van der Waals surface area contributed by atoms with Crippen molar-refractivity contribution >= 4 is 40.7 Å². The normalized spacial score (nSPS) is 15.6. The molecule has 7 nitrogen and oxygen atoms in total. The number of nitrogens with one attached hydrogen (secondary N) is 1. The van der Waals surface area contributed by atoms with Crippen molar-refractivity contribution in [2.75, 3.05) is 45.7 Å². The number of carbonyl (C=O) groups excluding carboxylic acids is 2. The molecular formula is C24H29Cl2N3O4. The molecule has 1 aliphatic heterocycles. The predicted molar refractivity (Wildman–Crippen MR) is 130 cm³/mol. The minimum absolute atomic E-state index is 0.0344. The van der Waals surface area contributed by atoms with Crippen molar-refractivity contribution in [3.05, 3.63) is 52.0 Å².